The van der Waals surface area contributed by atoms with Crippen molar-refractivity contribution in [2.75, 3.05) is 5.73 Å². The van der Waals surface area contributed by atoms with Crippen molar-refractivity contribution in [1.82, 2.24) is 5.32 Å². The minimum Gasteiger partial charge on any atom is -0.398 e. The van der Waals surface area contributed by atoms with E-state index in [-0.39, 0.29) is 6.54 Å². The Morgan fingerprint density at radius 2 is 1.94 bits per heavy atom. The number of hydrogen-bond donors (Lipinski definition) is 2. The minimum atomic E-state index is -4.48. The number of nitrogens with two attached hydrogens (primary N) is 1. The number of hydrogen-bond acceptors (Lipinski definition) is 2. The standard InChI is InChI=1S/C10H11F3N2O/c11-10(12,13)5-9(16)15-6-7-3-1-2-4-8(7)14/h1-4H,5-6,14H2,(H,15,16). The third kappa shape index (κ3) is 4.20. The summed E-state index contributed by atoms with van der Waals surface area (Å²) in [5.41, 5.74) is 6.60. The fourth-order valence-electron chi connectivity index (χ4n) is 1.13. The molecule has 0 atom stereocenters. The minimum absolute atomic E-state index is 0.00157. The maximum atomic E-state index is 11.8. The van der Waals surface area contributed by atoms with Crippen molar-refractivity contribution >= 4 is 11.6 Å². The molecule has 0 spiro atoms. The van der Waals surface area contributed by atoms with Crippen LogP contribution >= 0.6 is 0 Å². The number of anilines is 1. The van der Waals surface area contributed by atoms with Crippen LogP contribution in [0.2, 0.25) is 0 Å². The average Bonchev–Trinajstić information content (AvgIpc) is 2.14. The van der Waals surface area contributed by atoms with Gasteiger partial charge in [0.2, 0.25) is 5.91 Å². The van der Waals surface area contributed by atoms with Crippen LogP contribution < -0.4 is 11.1 Å². The first-order valence-electron chi connectivity index (χ1n) is 4.55. The highest BCUT2D eigenvalue weighted by Gasteiger charge is 2.30. The number of amides is 1. The number of rotatable bonds is 3. The molecule has 0 heterocycles. The van der Waals surface area contributed by atoms with Gasteiger partial charge in [-0.15, -0.1) is 0 Å². The van der Waals surface area contributed by atoms with E-state index in [9.17, 15) is 18.0 Å². The van der Waals surface area contributed by atoms with E-state index in [0.29, 0.717) is 11.3 Å². The molecule has 1 rings (SSSR count). The molecule has 16 heavy (non-hydrogen) atoms. The Labute approximate surface area is 90.4 Å². The molecule has 0 unspecified atom stereocenters. The Hall–Kier alpha value is -1.72. The van der Waals surface area contributed by atoms with Crippen molar-refractivity contribution in [3.63, 3.8) is 0 Å². The fourth-order valence-corrected chi connectivity index (χ4v) is 1.13. The molecule has 1 aromatic rings. The highest BCUT2D eigenvalue weighted by molar-refractivity contribution is 5.76. The zero-order valence-corrected chi connectivity index (χ0v) is 8.34. The van der Waals surface area contributed by atoms with Gasteiger partial charge in [-0.3, -0.25) is 4.79 Å². The molecule has 0 saturated heterocycles. The van der Waals surface area contributed by atoms with E-state index < -0.39 is 18.5 Å². The SMILES string of the molecule is Nc1ccccc1CNC(=O)CC(F)(F)F. The summed E-state index contributed by atoms with van der Waals surface area (Å²) in [6.07, 6.45) is -5.95. The van der Waals surface area contributed by atoms with E-state index in [1.807, 2.05) is 0 Å². The van der Waals surface area contributed by atoms with Crippen LogP contribution in [0.25, 0.3) is 0 Å². The van der Waals surface area contributed by atoms with E-state index in [1.165, 1.54) is 0 Å². The molecule has 3 N–H and O–H groups in total. The summed E-state index contributed by atoms with van der Waals surface area (Å²) in [5.74, 6) is -1.06. The Balaban J connectivity index is 2.47. The molecule has 6 heteroatoms. The molecule has 0 aliphatic heterocycles. The van der Waals surface area contributed by atoms with Crippen LogP contribution in [-0.4, -0.2) is 12.1 Å². The van der Waals surface area contributed by atoms with Crippen molar-refractivity contribution in [2.24, 2.45) is 0 Å². The first-order chi connectivity index (χ1) is 7.38. The van der Waals surface area contributed by atoms with Crippen LogP contribution in [0.3, 0.4) is 0 Å². The van der Waals surface area contributed by atoms with Gasteiger partial charge in [-0.2, -0.15) is 13.2 Å². The van der Waals surface area contributed by atoms with Crippen LogP contribution in [0.1, 0.15) is 12.0 Å². The number of benzene rings is 1. The number of halogens is 3. The van der Waals surface area contributed by atoms with E-state index >= 15 is 0 Å². The largest absolute Gasteiger partial charge is 0.398 e. The normalized spacial score (nSPS) is 11.2. The number of nitrogen functional groups attached to an aromatic ring is 1. The molecular weight excluding hydrogens is 221 g/mol. The van der Waals surface area contributed by atoms with Gasteiger partial charge in [0.25, 0.3) is 0 Å². The summed E-state index contributed by atoms with van der Waals surface area (Å²) in [6, 6.07) is 6.66. The van der Waals surface area contributed by atoms with Crippen LogP contribution in [0.15, 0.2) is 24.3 Å². The molecule has 0 aliphatic rings. The number of carbonyl (C=O) groups is 1. The number of para-hydroxylation sites is 1. The van der Waals surface area contributed by atoms with E-state index in [1.54, 1.807) is 24.3 Å². The van der Waals surface area contributed by atoms with E-state index in [4.69, 9.17) is 5.73 Å². The monoisotopic (exact) mass is 232 g/mol. The molecule has 0 aromatic heterocycles. The molecule has 0 aliphatic carbocycles. The first kappa shape index (κ1) is 12.4. The summed E-state index contributed by atoms with van der Waals surface area (Å²) < 4.78 is 35.5. The van der Waals surface area contributed by atoms with E-state index in [2.05, 4.69) is 5.32 Å². The van der Waals surface area contributed by atoms with E-state index in [0.717, 1.165) is 0 Å². The number of carbonyl (C=O) groups excluding carboxylic acids is 1. The maximum absolute atomic E-state index is 11.8. The van der Waals surface area contributed by atoms with Crippen molar-refractivity contribution < 1.29 is 18.0 Å². The second-order valence-electron chi connectivity index (χ2n) is 3.27. The van der Waals surface area contributed by atoms with Crippen LogP contribution in [-0.2, 0) is 11.3 Å². The topological polar surface area (TPSA) is 55.1 Å². The predicted molar refractivity (Wildman–Crippen MR) is 53.4 cm³/mol. The van der Waals surface area contributed by atoms with Gasteiger partial charge in [-0.1, -0.05) is 18.2 Å². The lowest BCUT2D eigenvalue weighted by atomic mass is 10.2. The van der Waals surface area contributed by atoms with Crippen molar-refractivity contribution in [2.45, 2.75) is 19.1 Å². The van der Waals surface area contributed by atoms with Gasteiger partial charge in [-0.25, -0.2) is 0 Å². The molecule has 1 aromatic carbocycles. The summed E-state index contributed by atoms with van der Waals surface area (Å²) in [4.78, 5) is 10.9. The second-order valence-corrected chi connectivity index (χ2v) is 3.27. The lowest BCUT2D eigenvalue weighted by Crippen LogP contribution is -2.28. The van der Waals surface area contributed by atoms with Crippen LogP contribution in [0, 0.1) is 0 Å². The Morgan fingerprint density at radius 1 is 1.31 bits per heavy atom. The summed E-state index contributed by atoms with van der Waals surface area (Å²) in [5, 5.41) is 2.16. The predicted octanol–water partition coefficient (Wildman–Crippen LogP) is 1.84. The van der Waals surface area contributed by atoms with Gasteiger partial charge >= 0.3 is 6.18 Å². The molecule has 3 nitrogen and oxygen atoms in total. The molecule has 1 amide bonds. The van der Waals surface area contributed by atoms with Crippen molar-refractivity contribution in [3.8, 4) is 0 Å². The average molecular weight is 232 g/mol. The third-order valence-corrected chi connectivity index (χ3v) is 1.89. The molecule has 0 saturated carbocycles. The Morgan fingerprint density at radius 3 is 2.50 bits per heavy atom. The Bertz CT molecular complexity index is 377. The van der Waals surface area contributed by atoms with Gasteiger partial charge < -0.3 is 11.1 Å². The van der Waals surface area contributed by atoms with Gasteiger partial charge in [-0.05, 0) is 11.6 Å². The smallest absolute Gasteiger partial charge is 0.397 e. The highest BCUT2D eigenvalue weighted by atomic mass is 19.4. The quantitative estimate of drug-likeness (QED) is 0.781. The zero-order chi connectivity index (χ0) is 12.2. The lowest BCUT2D eigenvalue weighted by molar-refractivity contribution is -0.153. The molecule has 0 radical (unpaired) electrons. The molecule has 0 bridgehead atoms. The van der Waals surface area contributed by atoms with Crippen molar-refractivity contribution in [3.05, 3.63) is 29.8 Å². The van der Waals surface area contributed by atoms with Crippen LogP contribution in [0.5, 0.6) is 0 Å². The molecule has 88 valence electrons. The van der Waals surface area contributed by atoms with Gasteiger partial charge in [0.05, 0.1) is 0 Å². The van der Waals surface area contributed by atoms with Gasteiger partial charge in [0.15, 0.2) is 0 Å². The molecular formula is C10H11F3N2O. The molecule has 0 fully saturated rings. The lowest BCUT2D eigenvalue weighted by Gasteiger charge is -2.09. The summed E-state index contributed by atoms with van der Waals surface area (Å²) >= 11 is 0. The first-order valence-corrected chi connectivity index (χ1v) is 4.55. The summed E-state index contributed by atoms with van der Waals surface area (Å²) in [7, 11) is 0. The Kier molecular flexibility index (Phi) is 3.76. The maximum Gasteiger partial charge on any atom is 0.397 e. The van der Waals surface area contributed by atoms with Crippen LogP contribution in [0.4, 0.5) is 18.9 Å². The second kappa shape index (κ2) is 4.87. The summed E-state index contributed by atoms with van der Waals surface area (Å²) in [6.45, 7) is 0.00157. The fraction of sp³-hybridized carbons (Fsp3) is 0.300. The number of alkyl halides is 3. The highest BCUT2D eigenvalue weighted by Crippen LogP contribution is 2.19. The van der Waals surface area contributed by atoms with Gasteiger partial charge in [0.1, 0.15) is 6.42 Å². The number of nitrogens with one attached hydrogen (secondary N) is 1. The third-order valence-electron chi connectivity index (χ3n) is 1.89. The van der Waals surface area contributed by atoms with Crippen molar-refractivity contribution in [1.29, 1.82) is 0 Å². The zero-order valence-electron chi connectivity index (χ0n) is 8.34. The van der Waals surface area contributed by atoms with Gasteiger partial charge in [0, 0.05) is 12.2 Å².